The molecule has 0 saturated carbocycles. The SMILES string of the molecule is Cc1cc(/C(O)=C2/C(=O)C(=O)N(c3cccc(F)c3)C2c2ccncc2)ccc1OC(C)C. The molecule has 2 aromatic carbocycles. The maximum Gasteiger partial charge on any atom is 0.300 e. The number of carbonyl (C=O) groups is 2. The fourth-order valence-corrected chi connectivity index (χ4v) is 3.92. The Morgan fingerprint density at radius 1 is 1.09 bits per heavy atom. The average molecular weight is 446 g/mol. The first-order chi connectivity index (χ1) is 15.8. The molecule has 1 unspecified atom stereocenters. The first-order valence-corrected chi connectivity index (χ1v) is 10.5. The summed E-state index contributed by atoms with van der Waals surface area (Å²) < 4.78 is 19.7. The van der Waals surface area contributed by atoms with Gasteiger partial charge in [-0.05, 0) is 80.4 Å². The van der Waals surface area contributed by atoms with Crippen LogP contribution in [0.2, 0.25) is 0 Å². The highest BCUT2D eigenvalue weighted by atomic mass is 19.1. The minimum atomic E-state index is -0.943. The van der Waals surface area contributed by atoms with Crippen LogP contribution in [0, 0.1) is 12.7 Å². The summed E-state index contributed by atoms with van der Waals surface area (Å²) in [5.41, 5.74) is 1.85. The zero-order chi connectivity index (χ0) is 23.7. The summed E-state index contributed by atoms with van der Waals surface area (Å²) >= 11 is 0. The minimum Gasteiger partial charge on any atom is -0.507 e. The number of anilines is 1. The van der Waals surface area contributed by atoms with Gasteiger partial charge in [-0.3, -0.25) is 19.5 Å². The van der Waals surface area contributed by atoms with E-state index >= 15 is 0 Å². The number of benzene rings is 2. The van der Waals surface area contributed by atoms with Crippen molar-refractivity contribution in [1.29, 1.82) is 0 Å². The summed E-state index contributed by atoms with van der Waals surface area (Å²) in [6.07, 6.45) is 3.04. The monoisotopic (exact) mass is 446 g/mol. The number of amides is 1. The second-order valence-electron chi connectivity index (χ2n) is 8.08. The van der Waals surface area contributed by atoms with E-state index < -0.39 is 23.5 Å². The molecule has 1 fully saturated rings. The van der Waals surface area contributed by atoms with Gasteiger partial charge in [0.15, 0.2) is 0 Å². The van der Waals surface area contributed by atoms with E-state index in [2.05, 4.69) is 4.98 Å². The van der Waals surface area contributed by atoms with Crippen molar-refractivity contribution >= 4 is 23.1 Å². The Bertz CT molecular complexity index is 1250. The lowest BCUT2D eigenvalue weighted by Gasteiger charge is -2.25. The third kappa shape index (κ3) is 4.22. The van der Waals surface area contributed by atoms with E-state index in [4.69, 9.17) is 4.74 Å². The Kier molecular flexibility index (Phi) is 5.96. The normalized spacial score (nSPS) is 17.6. The van der Waals surface area contributed by atoms with E-state index in [1.807, 2.05) is 20.8 Å². The van der Waals surface area contributed by atoms with Gasteiger partial charge in [0.1, 0.15) is 17.3 Å². The van der Waals surface area contributed by atoms with Crippen LogP contribution < -0.4 is 9.64 Å². The Hall–Kier alpha value is -4.00. The Morgan fingerprint density at radius 2 is 1.82 bits per heavy atom. The molecular formula is C26H23FN2O4. The number of ether oxygens (including phenoxy) is 1. The van der Waals surface area contributed by atoms with Crippen molar-refractivity contribution in [3.8, 4) is 5.75 Å². The van der Waals surface area contributed by atoms with Crippen molar-refractivity contribution in [2.75, 3.05) is 4.90 Å². The number of Topliss-reactive ketones (excluding diaryl/α,β-unsaturated/α-hetero) is 1. The number of hydrogen-bond acceptors (Lipinski definition) is 5. The van der Waals surface area contributed by atoms with Crippen molar-refractivity contribution in [1.82, 2.24) is 4.98 Å². The molecule has 4 rings (SSSR count). The van der Waals surface area contributed by atoms with E-state index in [0.29, 0.717) is 16.9 Å². The number of ketones is 1. The molecule has 0 radical (unpaired) electrons. The van der Waals surface area contributed by atoms with Gasteiger partial charge in [0.2, 0.25) is 0 Å². The first-order valence-electron chi connectivity index (χ1n) is 10.5. The fraction of sp³-hybridized carbons (Fsp3) is 0.192. The lowest BCUT2D eigenvalue weighted by atomic mass is 9.95. The predicted molar refractivity (Wildman–Crippen MR) is 122 cm³/mol. The van der Waals surface area contributed by atoms with Crippen LogP contribution >= 0.6 is 0 Å². The highest BCUT2D eigenvalue weighted by molar-refractivity contribution is 6.51. The van der Waals surface area contributed by atoms with Crippen molar-refractivity contribution < 1.29 is 23.8 Å². The number of halogens is 1. The van der Waals surface area contributed by atoms with Gasteiger partial charge in [0, 0.05) is 23.6 Å². The number of rotatable bonds is 5. The number of aryl methyl sites for hydroxylation is 1. The number of aromatic nitrogens is 1. The van der Waals surface area contributed by atoms with Crippen LogP contribution in [0.5, 0.6) is 5.75 Å². The van der Waals surface area contributed by atoms with E-state index in [9.17, 15) is 19.1 Å². The van der Waals surface area contributed by atoms with Gasteiger partial charge in [-0.2, -0.15) is 0 Å². The topological polar surface area (TPSA) is 79.7 Å². The second kappa shape index (κ2) is 8.86. The van der Waals surface area contributed by atoms with Gasteiger partial charge in [0.25, 0.3) is 11.7 Å². The molecule has 6 nitrogen and oxygen atoms in total. The molecule has 1 aliphatic rings. The van der Waals surface area contributed by atoms with Crippen LogP contribution in [0.15, 0.2) is 72.6 Å². The zero-order valence-electron chi connectivity index (χ0n) is 18.4. The molecule has 0 aliphatic carbocycles. The first kappa shape index (κ1) is 22.2. The summed E-state index contributed by atoms with van der Waals surface area (Å²) in [4.78, 5) is 31.4. The van der Waals surface area contributed by atoms with Crippen molar-refractivity contribution in [2.24, 2.45) is 0 Å². The molecule has 2 heterocycles. The van der Waals surface area contributed by atoms with Crippen LogP contribution in [0.25, 0.3) is 5.76 Å². The van der Waals surface area contributed by atoms with Crippen LogP contribution in [-0.4, -0.2) is 27.9 Å². The summed E-state index contributed by atoms with van der Waals surface area (Å²) in [5, 5.41) is 11.2. The van der Waals surface area contributed by atoms with Gasteiger partial charge in [-0.15, -0.1) is 0 Å². The van der Waals surface area contributed by atoms with E-state index in [0.717, 1.165) is 5.56 Å². The molecule has 1 N–H and O–H groups in total. The third-order valence-corrected chi connectivity index (χ3v) is 5.36. The highest BCUT2D eigenvalue weighted by Gasteiger charge is 2.47. The molecule has 0 bridgehead atoms. The van der Waals surface area contributed by atoms with E-state index in [1.165, 1.54) is 35.5 Å². The lowest BCUT2D eigenvalue weighted by molar-refractivity contribution is -0.132. The molecule has 1 aliphatic heterocycles. The molecule has 168 valence electrons. The van der Waals surface area contributed by atoms with Gasteiger partial charge < -0.3 is 9.84 Å². The number of aliphatic hydroxyl groups is 1. The lowest BCUT2D eigenvalue weighted by Crippen LogP contribution is -2.29. The van der Waals surface area contributed by atoms with Gasteiger partial charge in [-0.25, -0.2) is 4.39 Å². The fourth-order valence-electron chi connectivity index (χ4n) is 3.92. The molecule has 1 saturated heterocycles. The summed E-state index contributed by atoms with van der Waals surface area (Å²) in [6.45, 7) is 5.66. The van der Waals surface area contributed by atoms with Crippen LogP contribution in [0.1, 0.15) is 36.6 Å². The average Bonchev–Trinajstić information content (AvgIpc) is 3.05. The molecule has 1 atom stereocenters. The Balaban J connectivity index is 1.88. The summed E-state index contributed by atoms with van der Waals surface area (Å²) in [5.74, 6) is -1.89. The number of pyridine rings is 1. The van der Waals surface area contributed by atoms with Crippen LogP contribution in [0.4, 0.5) is 10.1 Å². The smallest absolute Gasteiger partial charge is 0.300 e. The van der Waals surface area contributed by atoms with Crippen molar-refractivity contribution in [3.05, 3.63) is 95.1 Å². The number of carbonyl (C=O) groups excluding carboxylic acids is 2. The molecule has 1 amide bonds. The molecule has 33 heavy (non-hydrogen) atoms. The number of hydrogen-bond donors (Lipinski definition) is 1. The number of aliphatic hydroxyl groups excluding tert-OH is 1. The standard InChI is InChI=1S/C26H23FN2O4/c1-15(2)33-21-8-7-18(13-16(21)3)24(30)22-23(17-9-11-28-12-10-17)29(26(32)25(22)31)20-6-4-5-19(27)14-20/h4-15,23,30H,1-3H3/b24-22-. The van der Waals surface area contributed by atoms with Gasteiger partial charge in [0.05, 0.1) is 17.7 Å². The quantitative estimate of drug-likeness (QED) is 0.341. The summed E-state index contributed by atoms with van der Waals surface area (Å²) in [6, 6.07) is 12.9. The highest BCUT2D eigenvalue weighted by Crippen LogP contribution is 2.42. The molecule has 0 spiro atoms. The predicted octanol–water partition coefficient (Wildman–Crippen LogP) is 4.94. The van der Waals surface area contributed by atoms with E-state index in [1.54, 1.807) is 36.4 Å². The molecule has 3 aromatic rings. The van der Waals surface area contributed by atoms with Crippen LogP contribution in [-0.2, 0) is 9.59 Å². The zero-order valence-corrected chi connectivity index (χ0v) is 18.4. The van der Waals surface area contributed by atoms with Gasteiger partial charge >= 0.3 is 0 Å². The molecule has 1 aromatic heterocycles. The Morgan fingerprint density at radius 3 is 2.45 bits per heavy atom. The third-order valence-electron chi connectivity index (χ3n) is 5.36. The van der Waals surface area contributed by atoms with Crippen molar-refractivity contribution in [3.63, 3.8) is 0 Å². The summed E-state index contributed by atoms with van der Waals surface area (Å²) in [7, 11) is 0. The maximum absolute atomic E-state index is 14.0. The second-order valence-corrected chi connectivity index (χ2v) is 8.08. The van der Waals surface area contributed by atoms with E-state index in [-0.39, 0.29) is 23.1 Å². The van der Waals surface area contributed by atoms with Gasteiger partial charge in [-0.1, -0.05) is 6.07 Å². The molecule has 7 heteroatoms. The maximum atomic E-state index is 14.0. The molecular weight excluding hydrogens is 423 g/mol. The largest absolute Gasteiger partial charge is 0.507 e. The number of nitrogens with zero attached hydrogens (tertiary/aromatic N) is 2. The van der Waals surface area contributed by atoms with Crippen molar-refractivity contribution in [2.45, 2.75) is 32.9 Å². The minimum absolute atomic E-state index is 0.0218. The van der Waals surface area contributed by atoms with Crippen LogP contribution in [0.3, 0.4) is 0 Å². The Labute approximate surface area is 191 Å².